The monoisotopic (exact) mass is 434 g/mol. The number of aromatic nitrogens is 2. The molecule has 1 heterocycles. The van der Waals surface area contributed by atoms with Gasteiger partial charge in [-0.05, 0) is 64.5 Å². The van der Waals surface area contributed by atoms with Gasteiger partial charge in [0.15, 0.2) is 0 Å². The van der Waals surface area contributed by atoms with E-state index in [0.717, 1.165) is 10.2 Å². The molecule has 0 atom stereocenters. The molecular weight excluding hydrogens is 420 g/mol. The van der Waals surface area contributed by atoms with Crippen molar-refractivity contribution in [3.8, 4) is 5.69 Å². The number of nitrogens with one attached hydrogen (secondary N) is 2. The van der Waals surface area contributed by atoms with Crippen molar-refractivity contribution in [2.75, 3.05) is 10.0 Å². The Balaban J connectivity index is 1.75. The Kier molecular flexibility index (Phi) is 5.10. The highest BCUT2D eigenvalue weighted by atomic mass is 79.9. The van der Waals surface area contributed by atoms with Gasteiger partial charge in [-0.2, -0.15) is 5.10 Å². The summed E-state index contributed by atoms with van der Waals surface area (Å²) in [6.45, 7) is 1.39. The molecule has 26 heavy (non-hydrogen) atoms. The number of rotatable bonds is 5. The van der Waals surface area contributed by atoms with Crippen LogP contribution in [0.4, 0.5) is 11.4 Å². The SMILES string of the molecule is CC(=O)Nc1ccc(S(=O)(=O)Nc2ccc(-n3cc(Br)cn3)cc2)cc1. The lowest BCUT2D eigenvalue weighted by Crippen LogP contribution is -2.13. The van der Waals surface area contributed by atoms with Crippen LogP contribution in [0.25, 0.3) is 5.69 Å². The summed E-state index contributed by atoms with van der Waals surface area (Å²) >= 11 is 3.33. The molecule has 1 amide bonds. The highest BCUT2D eigenvalue weighted by Crippen LogP contribution is 2.20. The second-order valence-electron chi connectivity index (χ2n) is 5.46. The molecule has 0 spiro atoms. The van der Waals surface area contributed by atoms with Gasteiger partial charge in [0.1, 0.15) is 0 Å². The summed E-state index contributed by atoms with van der Waals surface area (Å²) in [5.41, 5.74) is 1.77. The minimum Gasteiger partial charge on any atom is -0.326 e. The maximum absolute atomic E-state index is 12.5. The molecular formula is C17H15BrN4O3S. The third-order valence-corrected chi connectivity index (χ3v) is 5.23. The number of hydrogen-bond acceptors (Lipinski definition) is 4. The van der Waals surface area contributed by atoms with Crippen molar-refractivity contribution in [3.63, 3.8) is 0 Å². The topological polar surface area (TPSA) is 93.1 Å². The molecule has 0 unspecified atom stereocenters. The lowest BCUT2D eigenvalue weighted by molar-refractivity contribution is -0.114. The average Bonchev–Trinajstić information content (AvgIpc) is 3.01. The van der Waals surface area contributed by atoms with Crippen LogP contribution in [-0.2, 0) is 14.8 Å². The zero-order chi connectivity index (χ0) is 18.7. The fourth-order valence-electron chi connectivity index (χ4n) is 2.26. The summed E-state index contributed by atoms with van der Waals surface area (Å²) < 4.78 is 30.0. The first kappa shape index (κ1) is 18.2. The van der Waals surface area contributed by atoms with Crippen LogP contribution in [0, 0.1) is 0 Å². The summed E-state index contributed by atoms with van der Waals surface area (Å²) in [5.74, 6) is -0.219. The molecule has 0 aliphatic carbocycles. The van der Waals surface area contributed by atoms with E-state index in [1.54, 1.807) is 41.3 Å². The fraction of sp³-hybridized carbons (Fsp3) is 0.0588. The molecule has 3 aromatic rings. The minimum atomic E-state index is -3.72. The van der Waals surface area contributed by atoms with E-state index in [-0.39, 0.29) is 10.8 Å². The number of benzene rings is 2. The van der Waals surface area contributed by atoms with Crippen LogP contribution in [0.15, 0.2) is 70.3 Å². The molecule has 0 bridgehead atoms. The molecule has 0 radical (unpaired) electrons. The van der Waals surface area contributed by atoms with Gasteiger partial charge in [0.05, 0.1) is 21.3 Å². The number of nitrogens with zero attached hydrogens (tertiary/aromatic N) is 2. The average molecular weight is 435 g/mol. The van der Waals surface area contributed by atoms with Crippen molar-refractivity contribution in [1.82, 2.24) is 9.78 Å². The fourth-order valence-corrected chi connectivity index (χ4v) is 3.60. The van der Waals surface area contributed by atoms with Gasteiger partial charge in [-0.25, -0.2) is 13.1 Å². The number of amides is 1. The maximum Gasteiger partial charge on any atom is 0.261 e. The predicted molar refractivity (Wildman–Crippen MR) is 103 cm³/mol. The van der Waals surface area contributed by atoms with Gasteiger partial charge in [0, 0.05) is 24.5 Å². The standard InChI is InChI=1S/C17H15BrN4O3S/c1-12(23)20-14-4-8-17(9-5-14)26(24,25)21-15-2-6-16(7-3-15)22-11-13(18)10-19-22/h2-11,21H,1H3,(H,20,23). The maximum atomic E-state index is 12.5. The highest BCUT2D eigenvalue weighted by Gasteiger charge is 2.14. The zero-order valence-corrected chi connectivity index (χ0v) is 16.1. The Bertz CT molecular complexity index is 1030. The Labute approximate surface area is 159 Å². The number of halogens is 1. The summed E-state index contributed by atoms with van der Waals surface area (Å²) in [5, 5.41) is 6.76. The van der Waals surface area contributed by atoms with Crippen molar-refractivity contribution >= 4 is 43.2 Å². The van der Waals surface area contributed by atoms with Gasteiger partial charge >= 0.3 is 0 Å². The summed E-state index contributed by atoms with van der Waals surface area (Å²) in [7, 11) is -3.72. The first-order chi connectivity index (χ1) is 12.3. The van der Waals surface area contributed by atoms with Crippen LogP contribution in [0.3, 0.4) is 0 Å². The van der Waals surface area contributed by atoms with E-state index < -0.39 is 10.0 Å². The summed E-state index contributed by atoms with van der Waals surface area (Å²) in [4.78, 5) is 11.1. The van der Waals surface area contributed by atoms with Gasteiger partial charge in [-0.3, -0.25) is 9.52 Å². The molecule has 9 heteroatoms. The molecule has 2 aromatic carbocycles. The Morgan fingerprint density at radius 3 is 2.19 bits per heavy atom. The minimum absolute atomic E-state index is 0.103. The van der Waals surface area contributed by atoms with E-state index in [1.165, 1.54) is 31.2 Å². The van der Waals surface area contributed by atoms with Gasteiger partial charge in [0.2, 0.25) is 5.91 Å². The van der Waals surface area contributed by atoms with E-state index in [4.69, 9.17) is 0 Å². The lowest BCUT2D eigenvalue weighted by Gasteiger charge is -2.10. The smallest absolute Gasteiger partial charge is 0.261 e. The Morgan fingerprint density at radius 1 is 1.04 bits per heavy atom. The van der Waals surface area contributed by atoms with Gasteiger partial charge in [-0.1, -0.05) is 0 Å². The molecule has 0 fully saturated rings. The van der Waals surface area contributed by atoms with E-state index in [1.807, 2.05) is 0 Å². The van der Waals surface area contributed by atoms with Crippen molar-refractivity contribution < 1.29 is 13.2 Å². The molecule has 3 rings (SSSR count). The van der Waals surface area contributed by atoms with Crippen LogP contribution in [0.5, 0.6) is 0 Å². The molecule has 0 saturated heterocycles. The van der Waals surface area contributed by atoms with Crippen LogP contribution in [0.2, 0.25) is 0 Å². The van der Waals surface area contributed by atoms with Gasteiger partial charge < -0.3 is 5.32 Å². The Morgan fingerprint density at radius 2 is 1.65 bits per heavy atom. The second kappa shape index (κ2) is 7.30. The van der Waals surface area contributed by atoms with Crippen molar-refractivity contribution in [2.24, 2.45) is 0 Å². The number of hydrogen-bond donors (Lipinski definition) is 2. The van der Waals surface area contributed by atoms with E-state index >= 15 is 0 Å². The number of carbonyl (C=O) groups is 1. The second-order valence-corrected chi connectivity index (χ2v) is 8.06. The number of sulfonamides is 1. The van der Waals surface area contributed by atoms with Crippen LogP contribution in [0.1, 0.15) is 6.92 Å². The van der Waals surface area contributed by atoms with Crippen LogP contribution >= 0.6 is 15.9 Å². The van der Waals surface area contributed by atoms with Gasteiger partial charge in [-0.15, -0.1) is 0 Å². The number of carbonyl (C=O) groups excluding carboxylic acids is 1. The van der Waals surface area contributed by atoms with Gasteiger partial charge in [0.25, 0.3) is 10.0 Å². The highest BCUT2D eigenvalue weighted by molar-refractivity contribution is 9.10. The molecule has 1 aromatic heterocycles. The van der Waals surface area contributed by atoms with E-state index in [2.05, 4.69) is 31.1 Å². The normalized spacial score (nSPS) is 11.2. The summed E-state index contributed by atoms with van der Waals surface area (Å²) in [6, 6.07) is 12.8. The van der Waals surface area contributed by atoms with Crippen LogP contribution < -0.4 is 10.0 Å². The molecule has 0 saturated carbocycles. The quantitative estimate of drug-likeness (QED) is 0.643. The predicted octanol–water partition coefficient (Wildman–Crippen LogP) is 3.39. The molecule has 2 N–H and O–H groups in total. The van der Waals surface area contributed by atoms with E-state index in [0.29, 0.717) is 11.4 Å². The molecule has 7 nitrogen and oxygen atoms in total. The zero-order valence-electron chi connectivity index (χ0n) is 13.7. The Hall–Kier alpha value is -2.65. The first-order valence-electron chi connectivity index (χ1n) is 7.54. The molecule has 0 aliphatic rings. The lowest BCUT2D eigenvalue weighted by atomic mass is 10.3. The van der Waals surface area contributed by atoms with Crippen molar-refractivity contribution in [2.45, 2.75) is 11.8 Å². The van der Waals surface area contributed by atoms with Crippen LogP contribution in [-0.4, -0.2) is 24.1 Å². The summed E-state index contributed by atoms with van der Waals surface area (Å²) in [6.07, 6.45) is 3.47. The molecule has 0 aliphatic heterocycles. The largest absolute Gasteiger partial charge is 0.326 e. The molecule has 134 valence electrons. The first-order valence-corrected chi connectivity index (χ1v) is 9.82. The third-order valence-electron chi connectivity index (χ3n) is 3.42. The number of anilines is 2. The van der Waals surface area contributed by atoms with Crippen molar-refractivity contribution in [1.29, 1.82) is 0 Å². The van der Waals surface area contributed by atoms with E-state index in [9.17, 15) is 13.2 Å². The third kappa shape index (κ3) is 4.30. The van der Waals surface area contributed by atoms with Crippen molar-refractivity contribution in [3.05, 3.63) is 65.4 Å².